The first kappa shape index (κ1) is 14.7. The number of likely N-dealkylation sites (tertiary alicyclic amines) is 1. The summed E-state index contributed by atoms with van der Waals surface area (Å²) < 4.78 is 23.8. The maximum absolute atomic E-state index is 11.4. The fourth-order valence-corrected chi connectivity index (χ4v) is 1.97. The molecule has 104 valence electrons. The fourth-order valence-electron chi connectivity index (χ4n) is 1.45. The Balaban J connectivity index is 2.07. The van der Waals surface area contributed by atoms with E-state index in [0.29, 0.717) is 13.0 Å². The van der Waals surface area contributed by atoms with Crippen LogP contribution in [0.3, 0.4) is 0 Å². The van der Waals surface area contributed by atoms with E-state index in [9.17, 15) is 18.0 Å². The molecule has 0 aliphatic carbocycles. The number of nitrogens with zero attached hydrogens (tertiary/aromatic N) is 1. The lowest BCUT2D eigenvalue weighted by Crippen LogP contribution is -2.56. The van der Waals surface area contributed by atoms with Gasteiger partial charge in [-0.15, -0.1) is 0 Å². The number of carboxylic acid groups (broad SMARTS) is 1. The highest BCUT2D eigenvalue weighted by Crippen LogP contribution is 2.14. The van der Waals surface area contributed by atoms with Gasteiger partial charge in [-0.1, -0.05) is 0 Å². The van der Waals surface area contributed by atoms with Crippen LogP contribution in [0.15, 0.2) is 0 Å². The second kappa shape index (κ2) is 6.01. The molecule has 8 nitrogen and oxygen atoms in total. The number of nitrogens with one attached hydrogen (secondary N) is 2. The smallest absolute Gasteiger partial charge is 0.317 e. The number of urea groups is 1. The summed E-state index contributed by atoms with van der Waals surface area (Å²) in [6.45, 7) is 1.05. The lowest BCUT2D eigenvalue weighted by molar-refractivity contribution is -0.146. The average Bonchev–Trinajstić information content (AvgIpc) is 2.11. The van der Waals surface area contributed by atoms with Crippen molar-refractivity contribution in [3.63, 3.8) is 0 Å². The van der Waals surface area contributed by atoms with Crippen molar-refractivity contribution in [2.75, 3.05) is 32.4 Å². The Labute approximate surface area is 105 Å². The van der Waals surface area contributed by atoms with Gasteiger partial charge in [0.05, 0.1) is 12.2 Å². The summed E-state index contributed by atoms with van der Waals surface area (Å²) in [6, 6.07) is -0.313. The Hall–Kier alpha value is -1.35. The molecule has 18 heavy (non-hydrogen) atoms. The number of sulfonamides is 1. The van der Waals surface area contributed by atoms with E-state index in [0.717, 1.165) is 6.26 Å². The first-order chi connectivity index (χ1) is 8.29. The van der Waals surface area contributed by atoms with Crippen LogP contribution in [-0.4, -0.2) is 62.9 Å². The molecule has 0 radical (unpaired) electrons. The minimum absolute atomic E-state index is 0.225. The molecule has 0 saturated carbocycles. The van der Waals surface area contributed by atoms with Crippen LogP contribution in [0, 0.1) is 5.92 Å². The van der Waals surface area contributed by atoms with Gasteiger partial charge in [-0.3, -0.25) is 4.79 Å². The second-order valence-corrected chi connectivity index (χ2v) is 6.03. The second-order valence-electron chi connectivity index (χ2n) is 4.19. The molecule has 0 atom stereocenters. The van der Waals surface area contributed by atoms with E-state index in [-0.39, 0.29) is 25.7 Å². The van der Waals surface area contributed by atoms with Crippen molar-refractivity contribution in [1.29, 1.82) is 0 Å². The predicted molar refractivity (Wildman–Crippen MR) is 63.6 cm³/mol. The highest BCUT2D eigenvalue weighted by molar-refractivity contribution is 7.88. The van der Waals surface area contributed by atoms with Crippen LogP contribution in [-0.2, 0) is 14.8 Å². The van der Waals surface area contributed by atoms with Crippen molar-refractivity contribution in [3.8, 4) is 0 Å². The molecule has 1 aliphatic heterocycles. The molecule has 0 aromatic rings. The largest absolute Gasteiger partial charge is 0.481 e. The molecule has 1 aliphatic rings. The molecular weight excluding hydrogens is 262 g/mol. The molecule has 1 rings (SSSR count). The first-order valence-electron chi connectivity index (χ1n) is 5.50. The molecular formula is C9H17N3O5S. The standard InChI is InChI=1S/C9H17N3O5S/c1-18(16,17)11-4-2-3-10-9(15)12-5-7(6-12)8(13)14/h7,11H,2-6H2,1H3,(H,10,15)(H,13,14). The van der Waals surface area contributed by atoms with E-state index >= 15 is 0 Å². The minimum Gasteiger partial charge on any atom is -0.481 e. The van der Waals surface area contributed by atoms with Gasteiger partial charge in [0.2, 0.25) is 10.0 Å². The van der Waals surface area contributed by atoms with Crippen molar-refractivity contribution in [1.82, 2.24) is 14.9 Å². The topological polar surface area (TPSA) is 116 Å². The van der Waals surface area contributed by atoms with Crippen LogP contribution in [0.1, 0.15) is 6.42 Å². The van der Waals surface area contributed by atoms with Crippen molar-refractivity contribution >= 4 is 22.0 Å². The van der Waals surface area contributed by atoms with E-state index in [2.05, 4.69) is 10.0 Å². The third-order valence-electron chi connectivity index (χ3n) is 2.51. The van der Waals surface area contributed by atoms with Gasteiger partial charge in [0.25, 0.3) is 0 Å². The number of hydrogen-bond acceptors (Lipinski definition) is 4. The van der Waals surface area contributed by atoms with Crippen molar-refractivity contribution in [2.45, 2.75) is 6.42 Å². The zero-order valence-corrected chi connectivity index (χ0v) is 10.9. The maximum atomic E-state index is 11.4. The molecule has 0 aromatic carbocycles. The summed E-state index contributed by atoms with van der Waals surface area (Å²) in [5, 5.41) is 11.2. The van der Waals surface area contributed by atoms with Gasteiger partial charge >= 0.3 is 12.0 Å². The van der Waals surface area contributed by atoms with Crippen molar-refractivity contribution in [2.24, 2.45) is 5.92 Å². The van der Waals surface area contributed by atoms with Gasteiger partial charge < -0.3 is 15.3 Å². The zero-order chi connectivity index (χ0) is 13.8. The number of rotatable bonds is 6. The van der Waals surface area contributed by atoms with Crippen LogP contribution in [0.5, 0.6) is 0 Å². The van der Waals surface area contributed by atoms with Crippen LogP contribution >= 0.6 is 0 Å². The number of aliphatic carboxylic acids is 1. The van der Waals surface area contributed by atoms with Crippen LogP contribution in [0.2, 0.25) is 0 Å². The average molecular weight is 279 g/mol. The Morgan fingerprint density at radius 3 is 2.44 bits per heavy atom. The summed E-state index contributed by atoms with van der Waals surface area (Å²) >= 11 is 0. The van der Waals surface area contributed by atoms with Crippen LogP contribution < -0.4 is 10.0 Å². The highest BCUT2D eigenvalue weighted by atomic mass is 32.2. The molecule has 0 spiro atoms. The number of hydrogen-bond donors (Lipinski definition) is 3. The number of amides is 2. The van der Waals surface area contributed by atoms with Crippen LogP contribution in [0.25, 0.3) is 0 Å². The van der Waals surface area contributed by atoms with Crippen molar-refractivity contribution in [3.05, 3.63) is 0 Å². The van der Waals surface area contributed by atoms with E-state index < -0.39 is 21.9 Å². The van der Waals surface area contributed by atoms with E-state index in [4.69, 9.17) is 5.11 Å². The quantitative estimate of drug-likeness (QED) is 0.520. The first-order valence-corrected chi connectivity index (χ1v) is 7.39. The molecule has 0 bridgehead atoms. The summed E-state index contributed by atoms with van der Waals surface area (Å²) in [7, 11) is -3.19. The molecule has 1 fully saturated rings. The number of carbonyl (C=O) groups excluding carboxylic acids is 1. The SMILES string of the molecule is CS(=O)(=O)NCCCNC(=O)N1CC(C(=O)O)C1. The Morgan fingerprint density at radius 2 is 1.94 bits per heavy atom. The van der Waals surface area contributed by atoms with Gasteiger partial charge in [-0.25, -0.2) is 17.9 Å². The molecule has 9 heteroatoms. The van der Waals surface area contributed by atoms with Crippen molar-refractivity contribution < 1.29 is 23.1 Å². The summed E-state index contributed by atoms with van der Waals surface area (Å²) in [5.74, 6) is -1.36. The molecule has 1 heterocycles. The van der Waals surface area contributed by atoms with Crippen LogP contribution in [0.4, 0.5) is 4.79 Å². The molecule has 0 unspecified atom stereocenters. The molecule has 0 aromatic heterocycles. The zero-order valence-electron chi connectivity index (χ0n) is 10.0. The monoisotopic (exact) mass is 279 g/mol. The third kappa shape index (κ3) is 4.88. The summed E-state index contributed by atoms with van der Waals surface area (Å²) in [5.41, 5.74) is 0. The fraction of sp³-hybridized carbons (Fsp3) is 0.778. The lowest BCUT2D eigenvalue weighted by Gasteiger charge is -2.36. The summed E-state index contributed by atoms with van der Waals surface area (Å²) in [6.07, 6.45) is 1.55. The number of carbonyl (C=O) groups is 2. The Bertz CT molecular complexity index is 416. The molecule has 1 saturated heterocycles. The third-order valence-corrected chi connectivity index (χ3v) is 3.24. The highest BCUT2D eigenvalue weighted by Gasteiger charge is 2.35. The Kier molecular flexibility index (Phi) is 4.91. The predicted octanol–water partition coefficient (Wildman–Crippen LogP) is -1.35. The van der Waals surface area contributed by atoms with Gasteiger partial charge in [0.1, 0.15) is 0 Å². The maximum Gasteiger partial charge on any atom is 0.317 e. The van der Waals surface area contributed by atoms with Gasteiger partial charge in [0.15, 0.2) is 0 Å². The number of carboxylic acids is 1. The van der Waals surface area contributed by atoms with Gasteiger partial charge in [0, 0.05) is 26.2 Å². The van der Waals surface area contributed by atoms with Gasteiger partial charge in [-0.05, 0) is 6.42 Å². The Morgan fingerprint density at radius 1 is 1.33 bits per heavy atom. The van der Waals surface area contributed by atoms with Gasteiger partial charge in [-0.2, -0.15) is 0 Å². The van der Waals surface area contributed by atoms with E-state index in [1.807, 2.05) is 0 Å². The van der Waals surface area contributed by atoms with E-state index in [1.165, 1.54) is 4.90 Å². The molecule has 2 amide bonds. The molecule has 3 N–H and O–H groups in total. The lowest BCUT2D eigenvalue weighted by atomic mass is 10.0. The van der Waals surface area contributed by atoms with E-state index in [1.54, 1.807) is 0 Å². The summed E-state index contributed by atoms with van der Waals surface area (Å²) in [4.78, 5) is 23.4. The minimum atomic E-state index is -3.19. The normalized spacial score (nSPS) is 16.2.